The number of amides is 1. The number of ether oxygens (including phenoxy) is 2. The number of methoxy groups -OCH3 is 1. The van der Waals surface area contributed by atoms with Gasteiger partial charge in [-0.2, -0.15) is 0 Å². The van der Waals surface area contributed by atoms with E-state index < -0.39 is 6.09 Å². The zero-order valence-corrected chi connectivity index (χ0v) is 22.5. The number of anilines is 2. The standard InChI is InChI=1S/C31H36N4O4/c1-34(26-15-13-24(14-16-26)23-30(36)38-2)19-8-20-35-21-17-27(18-22-35)39-31(37)33-32-29-12-7-6-11-28(29)25-9-4-3-5-10-25/h3-16,19,27,32H,17-18,20-23H2,1-2H3,(H,33,37). The minimum atomic E-state index is -0.476. The minimum absolute atomic E-state index is 0.109. The number of piperidine rings is 1. The fourth-order valence-corrected chi connectivity index (χ4v) is 4.50. The number of hydrogen-bond acceptors (Lipinski definition) is 7. The molecule has 0 radical (unpaired) electrons. The summed E-state index contributed by atoms with van der Waals surface area (Å²) in [5.41, 5.74) is 10.5. The average Bonchev–Trinajstić information content (AvgIpc) is 2.98. The summed E-state index contributed by atoms with van der Waals surface area (Å²) in [7, 11) is 3.39. The summed E-state index contributed by atoms with van der Waals surface area (Å²) in [5.74, 6) is -0.243. The van der Waals surface area contributed by atoms with Gasteiger partial charge in [0, 0.05) is 44.1 Å². The van der Waals surface area contributed by atoms with Gasteiger partial charge < -0.3 is 14.4 Å². The summed E-state index contributed by atoms with van der Waals surface area (Å²) in [6.45, 7) is 2.54. The van der Waals surface area contributed by atoms with E-state index in [0.717, 1.165) is 60.5 Å². The molecule has 4 rings (SSSR count). The molecule has 0 saturated carbocycles. The lowest BCUT2D eigenvalue weighted by molar-refractivity contribution is -0.139. The second-order valence-corrected chi connectivity index (χ2v) is 9.48. The molecule has 3 aromatic carbocycles. The molecular weight excluding hydrogens is 492 g/mol. The Balaban J connectivity index is 1.17. The number of esters is 1. The number of para-hydroxylation sites is 1. The summed E-state index contributed by atoms with van der Waals surface area (Å²) in [5, 5.41) is 0. The van der Waals surface area contributed by atoms with E-state index in [-0.39, 0.29) is 18.5 Å². The Morgan fingerprint density at radius 1 is 0.974 bits per heavy atom. The summed E-state index contributed by atoms with van der Waals surface area (Å²) in [6.07, 6.45) is 5.45. The van der Waals surface area contributed by atoms with Crippen LogP contribution >= 0.6 is 0 Å². The molecule has 1 amide bonds. The van der Waals surface area contributed by atoms with E-state index in [9.17, 15) is 9.59 Å². The highest BCUT2D eigenvalue weighted by Crippen LogP contribution is 2.27. The predicted molar refractivity (Wildman–Crippen MR) is 154 cm³/mol. The Morgan fingerprint density at radius 2 is 1.67 bits per heavy atom. The van der Waals surface area contributed by atoms with Crippen molar-refractivity contribution < 1.29 is 19.1 Å². The number of nitrogens with zero attached hydrogens (tertiary/aromatic N) is 2. The molecular formula is C31H36N4O4. The zero-order valence-electron chi connectivity index (χ0n) is 22.5. The molecule has 0 aromatic heterocycles. The van der Waals surface area contributed by atoms with Gasteiger partial charge in [0.05, 0.1) is 19.2 Å². The maximum Gasteiger partial charge on any atom is 0.426 e. The van der Waals surface area contributed by atoms with Crippen LogP contribution < -0.4 is 15.8 Å². The minimum Gasteiger partial charge on any atom is -0.469 e. The fourth-order valence-electron chi connectivity index (χ4n) is 4.50. The molecule has 2 N–H and O–H groups in total. The van der Waals surface area contributed by atoms with Gasteiger partial charge in [-0.05, 0) is 42.2 Å². The Hall–Kier alpha value is -4.30. The van der Waals surface area contributed by atoms with Gasteiger partial charge >= 0.3 is 12.1 Å². The van der Waals surface area contributed by atoms with Gasteiger partial charge in [-0.25, -0.2) is 10.2 Å². The molecule has 0 bridgehead atoms. The first kappa shape index (κ1) is 27.7. The van der Waals surface area contributed by atoms with Crippen molar-refractivity contribution in [3.63, 3.8) is 0 Å². The normalized spacial score (nSPS) is 14.1. The van der Waals surface area contributed by atoms with Crippen LogP contribution in [0, 0.1) is 0 Å². The average molecular weight is 529 g/mol. The topological polar surface area (TPSA) is 83.1 Å². The lowest BCUT2D eigenvalue weighted by Gasteiger charge is -2.31. The monoisotopic (exact) mass is 528 g/mol. The van der Waals surface area contributed by atoms with Crippen LogP contribution in [-0.4, -0.2) is 56.9 Å². The number of hydrazine groups is 1. The molecule has 1 heterocycles. The maximum absolute atomic E-state index is 12.4. The molecule has 1 aliphatic heterocycles. The third-order valence-corrected chi connectivity index (χ3v) is 6.73. The number of carbonyl (C=O) groups is 2. The first-order valence-electron chi connectivity index (χ1n) is 13.2. The van der Waals surface area contributed by atoms with Gasteiger partial charge in [0.25, 0.3) is 0 Å². The molecule has 0 aliphatic carbocycles. The highest BCUT2D eigenvalue weighted by Gasteiger charge is 2.21. The van der Waals surface area contributed by atoms with Crippen LogP contribution in [0.5, 0.6) is 0 Å². The molecule has 8 nitrogen and oxygen atoms in total. The third kappa shape index (κ3) is 8.35. The van der Waals surface area contributed by atoms with Gasteiger partial charge in [0.15, 0.2) is 0 Å². The van der Waals surface area contributed by atoms with E-state index in [4.69, 9.17) is 9.47 Å². The smallest absolute Gasteiger partial charge is 0.426 e. The number of nitrogens with one attached hydrogen (secondary N) is 2. The Morgan fingerprint density at radius 3 is 2.38 bits per heavy atom. The van der Waals surface area contributed by atoms with Crippen molar-refractivity contribution >= 4 is 23.4 Å². The second kappa shape index (κ2) is 14.0. The van der Waals surface area contributed by atoms with Crippen LogP contribution in [0.25, 0.3) is 11.1 Å². The molecule has 3 aromatic rings. The van der Waals surface area contributed by atoms with Gasteiger partial charge in [-0.1, -0.05) is 66.7 Å². The zero-order chi connectivity index (χ0) is 27.5. The van der Waals surface area contributed by atoms with E-state index in [1.54, 1.807) is 0 Å². The van der Waals surface area contributed by atoms with E-state index in [0.29, 0.717) is 0 Å². The van der Waals surface area contributed by atoms with Crippen LogP contribution in [0.1, 0.15) is 18.4 Å². The predicted octanol–water partition coefficient (Wildman–Crippen LogP) is 5.24. The van der Waals surface area contributed by atoms with Crippen molar-refractivity contribution in [2.75, 3.05) is 44.1 Å². The van der Waals surface area contributed by atoms with E-state index in [2.05, 4.69) is 21.8 Å². The molecule has 0 unspecified atom stereocenters. The number of carbonyl (C=O) groups excluding carboxylic acids is 2. The SMILES string of the molecule is COC(=O)Cc1ccc(N(C)C=CCN2CCC(OC(=O)NNc3ccccc3-c3ccccc3)CC2)cc1. The van der Waals surface area contributed by atoms with Crippen molar-refractivity contribution in [3.05, 3.63) is 96.7 Å². The summed E-state index contributed by atoms with van der Waals surface area (Å²) >= 11 is 0. The highest BCUT2D eigenvalue weighted by atomic mass is 16.6. The molecule has 8 heteroatoms. The van der Waals surface area contributed by atoms with Crippen molar-refractivity contribution in [3.8, 4) is 11.1 Å². The van der Waals surface area contributed by atoms with Crippen LogP contribution in [0.4, 0.5) is 16.2 Å². The lowest BCUT2D eigenvalue weighted by Crippen LogP contribution is -2.40. The van der Waals surface area contributed by atoms with Crippen molar-refractivity contribution in [2.24, 2.45) is 0 Å². The van der Waals surface area contributed by atoms with E-state index >= 15 is 0 Å². The van der Waals surface area contributed by atoms with Crippen LogP contribution in [0.15, 0.2) is 91.1 Å². The second-order valence-electron chi connectivity index (χ2n) is 9.48. The molecule has 1 saturated heterocycles. The Bertz CT molecular complexity index is 1240. The summed E-state index contributed by atoms with van der Waals surface area (Å²) in [4.78, 5) is 28.3. The number of rotatable bonds is 10. The molecule has 0 spiro atoms. The van der Waals surface area contributed by atoms with E-state index in [1.807, 2.05) is 97.0 Å². The summed E-state index contributed by atoms with van der Waals surface area (Å²) < 4.78 is 10.4. The molecule has 0 atom stereocenters. The van der Waals surface area contributed by atoms with Gasteiger partial charge in [-0.15, -0.1) is 0 Å². The quantitative estimate of drug-likeness (QED) is 0.275. The van der Waals surface area contributed by atoms with Crippen molar-refractivity contribution in [2.45, 2.75) is 25.4 Å². The highest BCUT2D eigenvalue weighted by molar-refractivity contribution is 5.79. The molecule has 1 aliphatic rings. The number of hydrogen-bond donors (Lipinski definition) is 2. The third-order valence-electron chi connectivity index (χ3n) is 6.73. The van der Waals surface area contributed by atoms with Gasteiger partial charge in [0.2, 0.25) is 0 Å². The molecule has 204 valence electrons. The van der Waals surface area contributed by atoms with Crippen LogP contribution in [0.2, 0.25) is 0 Å². The van der Waals surface area contributed by atoms with E-state index in [1.165, 1.54) is 7.11 Å². The lowest BCUT2D eigenvalue weighted by atomic mass is 10.0. The first-order chi connectivity index (χ1) is 19.0. The van der Waals surface area contributed by atoms with Crippen molar-refractivity contribution in [1.82, 2.24) is 10.3 Å². The van der Waals surface area contributed by atoms with Gasteiger partial charge in [0.1, 0.15) is 6.10 Å². The Kier molecular flexibility index (Phi) is 9.97. The maximum atomic E-state index is 12.4. The fraction of sp³-hybridized carbons (Fsp3) is 0.290. The van der Waals surface area contributed by atoms with Crippen LogP contribution in [0.3, 0.4) is 0 Å². The van der Waals surface area contributed by atoms with Crippen LogP contribution in [-0.2, 0) is 20.7 Å². The molecule has 1 fully saturated rings. The van der Waals surface area contributed by atoms with Crippen molar-refractivity contribution in [1.29, 1.82) is 0 Å². The van der Waals surface area contributed by atoms with Gasteiger partial charge in [-0.3, -0.25) is 15.1 Å². The first-order valence-corrected chi connectivity index (χ1v) is 13.2. The largest absolute Gasteiger partial charge is 0.469 e. The number of benzene rings is 3. The summed E-state index contributed by atoms with van der Waals surface area (Å²) in [6, 6.07) is 25.7. The molecule has 39 heavy (non-hydrogen) atoms. The number of likely N-dealkylation sites (tertiary alicyclic amines) is 1. The Labute approximate surface area is 230 Å².